The number of ether oxygens (including phenoxy) is 2. The minimum absolute atomic E-state index is 0.00321. The minimum atomic E-state index is -0.531. The van der Waals surface area contributed by atoms with E-state index in [0.717, 1.165) is 25.9 Å². The first kappa shape index (κ1) is 17.9. The van der Waals surface area contributed by atoms with Crippen molar-refractivity contribution >= 4 is 11.9 Å². The smallest absolute Gasteiger partial charge is 0.325 e. The number of amides is 1. The molecule has 0 aliphatic carbocycles. The molecule has 1 fully saturated rings. The van der Waals surface area contributed by atoms with E-state index in [1.807, 2.05) is 13.8 Å². The van der Waals surface area contributed by atoms with Crippen LogP contribution >= 0.6 is 0 Å². The molecule has 1 saturated heterocycles. The number of methoxy groups -OCH3 is 1. The highest BCUT2D eigenvalue weighted by Crippen LogP contribution is 2.32. The molecule has 0 saturated carbocycles. The molecule has 0 atom stereocenters. The van der Waals surface area contributed by atoms with Crippen molar-refractivity contribution in [3.05, 3.63) is 0 Å². The van der Waals surface area contributed by atoms with Gasteiger partial charge in [-0.3, -0.25) is 9.59 Å². The number of piperidine rings is 1. The Hall–Kier alpha value is -1.14. The largest absolute Gasteiger partial charge is 0.465 e. The molecule has 21 heavy (non-hydrogen) atoms. The van der Waals surface area contributed by atoms with Gasteiger partial charge in [-0.15, -0.1) is 0 Å². The van der Waals surface area contributed by atoms with E-state index in [0.29, 0.717) is 13.2 Å². The molecule has 1 N–H and O–H groups in total. The lowest BCUT2D eigenvalue weighted by Gasteiger charge is -2.40. The molecule has 122 valence electrons. The average molecular weight is 300 g/mol. The first-order valence-electron chi connectivity index (χ1n) is 7.63. The average Bonchev–Trinajstić information content (AvgIpc) is 2.45. The second-order valence-electron chi connectivity index (χ2n) is 5.80. The van der Waals surface area contributed by atoms with Gasteiger partial charge in [0.1, 0.15) is 6.54 Å². The SMILES string of the molecule is CCOC(=O)CN(C(=O)C1(COC)CCNCC1)C(C)C. The Balaban J connectivity index is 2.88. The second kappa shape index (κ2) is 8.34. The van der Waals surface area contributed by atoms with Gasteiger partial charge in [-0.25, -0.2) is 0 Å². The molecule has 0 unspecified atom stereocenters. The van der Waals surface area contributed by atoms with Crippen molar-refractivity contribution in [3.63, 3.8) is 0 Å². The summed E-state index contributed by atoms with van der Waals surface area (Å²) >= 11 is 0. The molecule has 0 aromatic heterocycles. The van der Waals surface area contributed by atoms with Crippen molar-refractivity contribution in [1.29, 1.82) is 0 Å². The van der Waals surface area contributed by atoms with Crippen LogP contribution in [0.4, 0.5) is 0 Å². The Morgan fingerprint density at radius 1 is 1.29 bits per heavy atom. The Morgan fingerprint density at radius 2 is 1.90 bits per heavy atom. The summed E-state index contributed by atoms with van der Waals surface area (Å²) in [5, 5.41) is 3.26. The molecular formula is C15H28N2O4. The van der Waals surface area contributed by atoms with Gasteiger partial charge in [0, 0.05) is 13.2 Å². The van der Waals surface area contributed by atoms with Crippen LogP contribution in [0.1, 0.15) is 33.6 Å². The van der Waals surface area contributed by atoms with Crippen LogP contribution in [-0.2, 0) is 19.1 Å². The van der Waals surface area contributed by atoms with Gasteiger partial charge in [0.05, 0.1) is 18.6 Å². The lowest BCUT2D eigenvalue weighted by Crippen LogP contribution is -2.54. The number of nitrogens with zero attached hydrogens (tertiary/aromatic N) is 1. The fourth-order valence-electron chi connectivity index (χ4n) is 2.74. The van der Waals surface area contributed by atoms with E-state index < -0.39 is 5.41 Å². The van der Waals surface area contributed by atoms with E-state index in [9.17, 15) is 9.59 Å². The molecule has 6 nitrogen and oxygen atoms in total. The summed E-state index contributed by atoms with van der Waals surface area (Å²) in [4.78, 5) is 26.4. The lowest BCUT2D eigenvalue weighted by atomic mass is 9.78. The van der Waals surface area contributed by atoms with Crippen LogP contribution in [0.5, 0.6) is 0 Å². The van der Waals surface area contributed by atoms with Crippen LogP contribution in [-0.4, -0.2) is 62.8 Å². The lowest BCUT2D eigenvalue weighted by molar-refractivity contribution is -0.157. The molecular weight excluding hydrogens is 272 g/mol. The topological polar surface area (TPSA) is 67.9 Å². The molecule has 6 heteroatoms. The third kappa shape index (κ3) is 4.68. The van der Waals surface area contributed by atoms with Crippen molar-refractivity contribution in [2.24, 2.45) is 5.41 Å². The zero-order chi connectivity index (χ0) is 15.9. The fourth-order valence-corrected chi connectivity index (χ4v) is 2.74. The van der Waals surface area contributed by atoms with Crippen LogP contribution < -0.4 is 5.32 Å². The van der Waals surface area contributed by atoms with E-state index in [2.05, 4.69) is 5.32 Å². The van der Waals surface area contributed by atoms with Crippen LogP contribution in [0.2, 0.25) is 0 Å². The summed E-state index contributed by atoms with van der Waals surface area (Å²) < 4.78 is 10.3. The normalized spacial score (nSPS) is 17.6. The first-order chi connectivity index (χ1) is 9.96. The molecule has 1 rings (SSSR count). The zero-order valence-corrected chi connectivity index (χ0v) is 13.6. The third-order valence-electron chi connectivity index (χ3n) is 3.92. The summed E-state index contributed by atoms with van der Waals surface area (Å²) in [6, 6.07) is -0.0504. The summed E-state index contributed by atoms with van der Waals surface area (Å²) in [5.41, 5.74) is -0.531. The van der Waals surface area contributed by atoms with Crippen molar-refractivity contribution < 1.29 is 19.1 Å². The van der Waals surface area contributed by atoms with Crippen molar-refractivity contribution in [2.75, 3.05) is 40.0 Å². The molecule has 0 bridgehead atoms. The van der Waals surface area contributed by atoms with Gasteiger partial charge >= 0.3 is 5.97 Å². The highest BCUT2D eigenvalue weighted by atomic mass is 16.5. The molecule has 1 amide bonds. The van der Waals surface area contributed by atoms with E-state index in [4.69, 9.17) is 9.47 Å². The number of carbonyl (C=O) groups excluding carboxylic acids is 2. The molecule has 0 radical (unpaired) electrons. The Labute approximate surface area is 127 Å². The number of carbonyl (C=O) groups is 2. The number of esters is 1. The van der Waals surface area contributed by atoms with Gasteiger partial charge in [0.2, 0.25) is 5.91 Å². The van der Waals surface area contributed by atoms with Crippen molar-refractivity contribution in [3.8, 4) is 0 Å². The number of hydrogen-bond acceptors (Lipinski definition) is 5. The van der Waals surface area contributed by atoms with Gasteiger partial charge < -0.3 is 19.7 Å². The molecule has 1 heterocycles. The van der Waals surface area contributed by atoms with Gasteiger partial charge in [0.25, 0.3) is 0 Å². The first-order valence-corrected chi connectivity index (χ1v) is 7.63. The highest BCUT2D eigenvalue weighted by molar-refractivity contribution is 5.87. The minimum Gasteiger partial charge on any atom is -0.465 e. The molecule has 1 aliphatic heterocycles. The quantitative estimate of drug-likeness (QED) is 0.705. The highest BCUT2D eigenvalue weighted by Gasteiger charge is 2.43. The summed E-state index contributed by atoms with van der Waals surface area (Å²) in [6.07, 6.45) is 1.46. The predicted molar refractivity (Wildman–Crippen MR) is 79.9 cm³/mol. The van der Waals surface area contributed by atoms with Crippen LogP contribution in [0.25, 0.3) is 0 Å². The summed E-state index contributed by atoms with van der Waals surface area (Å²) in [6.45, 7) is 7.89. The van der Waals surface area contributed by atoms with Crippen LogP contribution in [0, 0.1) is 5.41 Å². The van der Waals surface area contributed by atoms with Crippen LogP contribution in [0.3, 0.4) is 0 Å². The van der Waals surface area contributed by atoms with E-state index in [1.165, 1.54) is 0 Å². The summed E-state index contributed by atoms with van der Waals surface area (Å²) in [7, 11) is 1.61. The Bertz CT molecular complexity index is 346. The maximum Gasteiger partial charge on any atom is 0.325 e. The standard InChI is InChI=1S/C15H28N2O4/c1-5-21-13(18)10-17(12(2)3)14(19)15(11-20-4)6-8-16-9-7-15/h12,16H,5-11H2,1-4H3. The van der Waals surface area contributed by atoms with Gasteiger partial charge in [-0.05, 0) is 46.7 Å². The zero-order valence-electron chi connectivity index (χ0n) is 13.6. The van der Waals surface area contributed by atoms with Crippen molar-refractivity contribution in [2.45, 2.75) is 39.7 Å². The van der Waals surface area contributed by atoms with Gasteiger partial charge in [0.15, 0.2) is 0 Å². The predicted octanol–water partition coefficient (Wildman–Crippen LogP) is 0.803. The molecule has 1 aliphatic rings. The van der Waals surface area contributed by atoms with Gasteiger partial charge in [-0.1, -0.05) is 0 Å². The number of rotatable bonds is 7. The summed E-state index contributed by atoms with van der Waals surface area (Å²) in [5.74, 6) is -0.366. The number of nitrogens with one attached hydrogen (secondary N) is 1. The van der Waals surface area contributed by atoms with E-state index in [-0.39, 0.29) is 24.5 Å². The van der Waals surface area contributed by atoms with E-state index in [1.54, 1.807) is 18.9 Å². The molecule has 0 spiro atoms. The maximum atomic E-state index is 13.0. The van der Waals surface area contributed by atoms with Crippen LogP contribution in [0.15, 0.2) is 0 Å². The second-order valence-corrected chi connectivity index (χ2v) is 5.80. The van der Waals surface area contributed by atoms with E-state index >= 15 is 0 Å². The number of hydrogen-bond donors (Lipinski definition) is 1. The maximum absolute atomic E-state index is 13.0. The third-order valence-corrected chi connectivity index (χ3v) is 3.92. The Kier molecular flexibility index (Phi) is 7.11. The van der Waals surface area contributed by atoms with Crippen molar-refractivity contribution in [1.82, 2.24) is 10.2 Å². The monoisotopic (exact) mass is 300 g/mol. The molecule has 0 aromatic rings. The Morgan fingerprint density at radius 3 is 2.38 bits per heavy atom. The fraction of sp³-hybridized carbons (Fsp3) is 0.867. The van der Waals surface area contributed by atoms with Gasteiger partial charge in [-0.2, -0.15) is 0 Å². The molecule has 0 aromatic carbocycles.